The van der Waals surface area contributed by atoms with Gasteiger partial charge in [-0.15, -0.1) is 5.73 Å². The van der Waals surface area contributed by atoms with Gasteiger partial charge >= 0.3 is 0 Å². The number of nitrogens with zero attached hydrogens (tertiary/aromatic N) is 1. The number of carbonyl (C=O) groups is 1. The van der Waals surface area contributed by atoms with Gasteiger partial charge in [-0.2, -0.15) is 0 Å². The van der Waals surface area contributed by atoms with E-state index >= 15 is 0 Å². The predicted octanol–water partition coefficient (Wildman–Crippen LogP) is 8.60. The molecule has 35 heavy (non-hydrogen) atoms. The Morgan fingerprint density at radius 3 is 2.66 bits per heavy atom. The number of hydrogen-bond donors (Lipinski definition) is 0. The van der Waals surface area contributed by atoms with Crippen molar-refractivity contribution in [3.8, 4) is 0 Å². The highest BCUT2D eigenvalue weighted by Crippen LogP contribution is 2.42. The molecule has 2 unspecified atom stereocenters. The van der Waals surface area contributed by atoms with Crippen LogP contribution in [0.2, 0.25) is 0 Å². The molecule has 2 aliphatic carbocycles. The molecule has 0 bridgehead atoms. The Balaban J connectivity index is 0.00000169. The van der Waals surface area contributed by atoms with E-state index in [0.29, 0.717) is 24.7 Å². The second-order valence-electron chi connectivity index (χ2n) is 10.3. The van der Waals surface area contributed by atoms with Crippen LogP contribution in [0.5, 0.6) is 0 Å². The fourth-order valence-electron chi connectivity index (χ4n) is 6.10. The Labute approximate surface area is 214 Å². The molecule has 0 aromatic heterocycles. The van der Waals surface area contributed by atoms with Gasteiger partial charge < -0.3 is 0 Å². The van der Waals surface area contributed by atoms with Gasteiger partial charge in [0.15, 0.2) is 0 Å². The first-order valence-corrected chi connectivity index (χ1v) is 13.2. The Morgan fingerprint density at radius 2 is 1.80 bits per heavy atom. The van der Waals surface area contributed by atoms with E-state index in [-0.39, 0.29) is 10.1 Å². The van der Waals surface area contributed by atoms with Gasteiger partial charge in [0.25, 0.3) is 0 Å². The summed E-state index contributed by atoms with van der Waals surface area (Å²) in [6, 6.07) is 18.8. The average molecular weight is 468 g/mol. The van der Waals surface area contributed by atoms with E-state index in [1.54, 1.807) is 5.57 Å². The van der Waals surface area contributed by atoms with Crippen molar-refractivity contribution in [3.63, 3.8) is 0 Å². The first-order chi connectivity index (χ1) is 17.2. The molecule has 2 atom stereocenters. The second-order valence-corrected chi connectivity index (χ2v) is 10.3. The van der Waals surface area contributed by atoms with Crippen molar-refractivity contribution < 1.29 is 9.07 Å². The van der Waals surface area contributed by atoms with Crippen molar-refractivity contribution in [2.24, 2.45) is 10.9 Å². The lowest BCUT2D eigenvalue weighted by molar-refractivity contribution is -0.117. The van der Waals surface area contributed by atoms with E-state index in [4.69, 9.17) is 4.99 Å². The van der Waals surface area contributed by atoms with Crippen LogP contribution in [0, 0.1) is 5.92 Å². The summed E-state index contributed by atoms with van der Waals surface area (Å²) in [7, 11) is 0. The first kappa shape index (κ1) is 23.5. The molecule has 1 aliphatic heterocycles. The third kappa shape index (κ3) is 5.72. The van der Waals surface area contributed by atoms with Crippen molar-refractivity contribution in [1.82, 2.24) is 0 Å². The minimum atomic E-state index is 0. The summed E-state index contributed by atoms with van der Waals surface area (Å²) in [5.41, 5.74) is 12.5. The summed E-state index contributed by atoms with van der Waals surface area (Å²) >= 11 is 0. The third-order valence-electron chi connectivity index (χ3n) is 7.92. The topological polar surface area (TPSA) is 29.4 Å². The fraction of sp³-hybridized carbons (Fsp3) is 0.364. The average Bonchev–Trinajstić information content (AvgIpc) is 3.11. The van der Waals surface area contributed by atoms with Crippen LogP contribution in [0.1, 0.15) is 78.3 Å². The van der Waals surface area contributed by atoms with Crippen LogP contribution in [-0.4, -0.2) is 11.5 Å². The number of aliphatic imine (C=N–C) groups is 1. The van der Waals surface area contributed by atoms with E-state index in [9.17, 15) is 4.79 Å². The monoisotopic (exact) mass is 467 g/mol. The van der Waals surface area contributed by atoms with Crippen molar-refractivity contribution in [2.75, 3.05) is 0 Å². The van der Waals surface area contributed by atoms with Gasteiger partial charge in [-0.25, -0.2) is 0 Å². The summed E-state index contributed by atoms with van der Waals surface area (Å²) in [6.45, 7) is 3.92. The van der Waals surface area contributed by atoms with E-state index in [1.807, 2.05) is 36.5 Å². The van der Waals surface area contributed by atoms with Gasteiger partial charge in [0.05, 0.1) is 0 Å². The van der Waals surface area contributed by atoms with Crippen molar-refractivity contribution in [1.29, 1.82) is 0 Å². The molecule has 1 heterocycles. The van der Waals surface area contributed by atoms with Crippen LogP contribution < -0.4 is 0 Å². The lowest BCUT2D eigenvalue weighted by atomic mass is 9.72. The molecule has 184 valence electrons. The Kier molecular flexibility index (Phi) is 7.40. The quantitative estimate of drug-likeness (QED) is 0.391. The van der Waals surface area contributed by atoms with Gasteiger partial charge in [0, 0.05) is 41.4 Å². The van der Waals surface area contributed by atoms with Crippen molar-refractivity contribution >= 4 is 11.5 Å². The number of ketones is 1. The normalized spacial score (nSPS) is 22.2. The van der Waals surface area contributed by atoms with Crippen LogP contribution >= 0.6 is 0 Å². The van der Waals surface area contributed by atoms with Crippen molar-refractivity contribution in [2.45, 2.75) is 70.1 Å². The summed E-state index contributed by atoms with van der Waals surface area (Å²) in [6.07, 6.45) is 14.3. The largest absolute Gasteiger partial charge is 0.299 e. The van der Waals surface area contributed by atoms with E-state index in [2.05, 4.69) is 42.7 Å². The molecule has 1 fully saturated rings. The van der Waals surface area contributed by atoms with Gasteiger partial charge in [-0.3, -0.25) is 9.79 Å². The molecule has 2 heteroatoms. The van der Waals surface area contributed by atoms with Gasteiger partial charge in [0.2, 0.25) is 0 Å². The smallest absolute Gasteiger partial charge is 0.141 e. The zero-order valence-electron chi connectivity index (χ0n) is 20.6. The van der Waals surface area contributed by atoms with Crippen LogP contribution in [0.25, 0.3) is 0 Å². The summed E-state index contributed by atoms with van der Waals surface area (Å²) in [4.78, 5) is 17.7. The number of hydrogen-bond acceptors (Lipinski definition) is 2. The van der Waals surface area contributed by atoms with Crippen LogP contribution in [0.15, 0.2) is 101 Å². The van der Waals surface area contributed by atoms with Crippen LogP contribution in [0.4, 0.5) is 0 Å². The van der Waals surface area contributed by atoms with E-state index < -0.39 is 0 Å². The standard InChI is InChI=1S/C33H35NO.3H2/c1-2-24-16-17-27-15-8-18-34-33(32(27)22-24)30-14-7-13-29(23-30)28-12-6-11-26(19-28)21-31(35)20-25-9-4-3-5-10-25;;;/h3-6,8-12,18-19,29-30H,1,7,13-17,20-23H2;3*1H. The molecular weight excluding hydrogens is 426 g/mol. The minimum absolute atomic E-state index is 0. The highest BCUT2D eigenvalue weighted by atomic mass is 16.1. The number of rotatable bonds is 6. The molecule has 0 spiro atoms. The highest BCUT2D eigenvalue weighted by molar-refractivity contribution is 6.03. The molecule has 0 N–H and O–H groups in total. The Hall–Kier alpha value is -3.22. The van der Waals surface area contributed by atoms with Crippen LogP contribution in [0.3, 0.4) is 0 Å². The minimum Gasteiger partial charge on any atom is -0.299 e. The molecule has 2 aromatic carbocycles. The molecule has 0 saturated heterocycles. The number of benzene rings is 2. The molecule has 2 aromatic rings. The summed E-state index contributed by atoms with van der Waals surface area (Å²) < 4.78 is 0. The molecule has 5 rings (SSSR count). The first-order valence-electron chi connectivity index (χ1n) is 13.2. The molecule has 0 amide bonds. The lowest BCUT2D eigenvalue weighted by Gasteiger charge is -2.33. The van der Waals surface area contributed by atoms with Gasteiger partial charge in [0.1, 0.15) is 5.78 Å². The zero-order valence-corrected chi connectivity index (χ0v) is 20.6. The predicted molar refractivity (Wildman–Crippen MR) is 151 cm³/mol. The zero-order chi connectivity index (χ0) is 24.0. The maximum atomic E-state index is 12.7. The molecule has 3 aliphatic rings. The fourth-order valence-corrected chi connectivity index (χ4v) is 6.10. The van der Waals surface area contributed by atoms with Crippen molar-refractivity contribution in [3.05, 3.63) is 113 Å². The summed E-state index contributed by atoms with van der Waals surface area (Å²) in [5.74, 6) is 1.29. The summed E-state index contributed by atoms with van der Waals surface area (Å²) in [5, 5.41) is 0. The second kappa shape index (κ2) is 11.0. The molecular formula is C33H41NO. The molecule has 2 nitrogen and oxygen atoms in total. The van der Waals surface area contributed by atoms with Gasteiger partial charge in [-0.05, 0) is 72.3 Å². The lowest BCUT2D eigenvalue weighted by Crippen LogP contribution is -2.25. The van der Waals surface area contributed by atoms with Gasteiger partial charge in [-0.1, -0.05) is 79.2 Å². The van der Waals surface area contributed by atoms with E-state index in [1.165, 1.54) is 41.7 Å². The Bertz CT molecular complexity index is 1240. The van der Waals surface area contributed by atoms with Crippen LogP contribution in [-0.2, 0) is 17.6 Å². The maximum absolute atomic E-state index is 12.7. The Morgan fingerprint density at radius 1 is 1.00 bits per heavy atom. The number of Topliss-reactive ketones (excluding diaryl/α,β-unsaturated/α-hetero) is 1. The third-order valence-corrected chi connectivity index (χ3v) is 7.92. The highest BCUT2D eigenvalue weighted by Gasteiger charge is 2.31. The number of carbonyl (C=O) groups excluding carboxylic acids is 1. The SMILES string of the molecule is C=C=C1CCC2=C(C1)C(C1CCCC(c3cccc(CC(=O)Cc4ccccc4)c3)C1)=NC=CC2.[HH].[HH].[HH]. The molecule has 1 saturated carbocycles. The molecule has 0 radical (unpaired) electrons. The number of allylic oxidation sites excluding steroid dienone is 4. The van der Waals surface area contributed by atoms with E-state index in [0.717, 1.165) is 43.2 Å². The maximum Gasteiger partial charge on any atom is 0.141 e.